The van der Waals surface area contributed by atoms with E-state index in [4.69, 9.17) is 5.73 Å². The Morgan fingerprint density at radius 3 is 2.32 bits per heavy atom. The van der Waals surface area contributed by atoms with Crippen LogP contribution in [0.15, 0.2) is 29.2 Å². The normalized spacial score (nSPS) is 27.0. The summed E-state index contributed by atoms with van der Waals surface area (Å²) in [7, 11) is -3.47. The number of amides is 1. The van der Waals surface area contributed by atoms with Gasteiger partial charge < -0.3 is 11.1 Å². The number of aryl methyl sites for hydroxylation is 1. The second-order valence-corrected chi connectivity index (χ2v) is 10.2. The topological polar surface area (TPSA) is 92.5 Å². The van der Waals surface area contributed by atoms with Crippen LogP contribution < -0.4 is 11.1 Å². The number of halogens is 1. The van der Waals surface area contributed by atoms with E-state index in [-0.39, 0.29) is 30.3 Å². The van der Waals surface area contributed by atoms with Gasteiger partial charge in [0.15, 0.2) is 0 Å². The summed E-state index contributed by atoms with van der Waals surface area (Å²) >= 11 is 0. The van der Waals surface area contributed by atoms with E-state index < -0.39 is 15.6 Å². The second kappa shape index (κ2) is 9.11. The summed E-state index contributed by atoms with van der Waals surface area (Å²) in [5, 5.41) is 3.12. The SMILES string of the molecule is Cc1ccc(S(=O)(=O)N2CCC(NC(=O)C3CCCCC3(C)N)CC2)cc1.Cl. The van der Waals surface area contributed by atoms with Crippen molar-refractivity contribution in [2.45, 2.75) is 68.8 Å². The molecule has 0 aromatic heterocycles. The summed E-state index contributed by atoms with van der Waals surface area (Å²) in [6, 6.07) is 6.95. The average molecular weight is 430 g/mol. The molecule has 2 unspecified atom stereocenters. The predicted molar refractivity (Wildman–Crippen MR) is 113 cm³/mol. The molecule has 2 atom stereocenters. The Hall–Kier alpha value is -1.15. The number of carbonyl (C=O) groups is 1. The minimum atomic E-state index is -3.47. The van der Waals surface area contributed by atoms with Crippen molar-refractivity contribution in [3.05, 3.63) is 29.8 Å². The van der Waals surface area contributed by atoms with E-state index in [1.54, 1.807) is 12.1 Å². The van der Waals surface area contributed by atoms with Gasteiger partial charge in [0, 0.05) is 24.7 Å². The molecule has 1 saturated heterocycles. The van der Waals surface area contributed by atoms with E-state index in [1.165, 1.54) is 4.31 Å². The number of rotatable bonds is 4. The molecule has 3 rings (SSSR count). The van der Waals surface area contributed by atoms with Crippen LogP contribution >= 0.6 is 12.4 Å². The van der Waals surface area contributed by atoms with Crippen molar-refractivity contribution in [2.75, 3.05) is 13.1 Å². The van der Waals surface area contributed by atoms with Crippen molar-refractivity contribution < 1.29 is 13.2 Å². The molecule has 28 heavy (non-hydrogen) atoms. The third-order valence-electron chi connectivity index (χ3n) is 6.03. The molecule has 1 aliphatic heterocycles. The molecule has 1 heterocycles. The number of nitrogens with two attached hydrogens (primary N) is 1. The zero-order chi connectivity index (χ0) is 19.7. The van der Waals surface area contributed by atoms with Crippen LogP contribution in [0.25, 0.3) is 0 Å². The number of carbonyl (C=O) groups excluding carboxylic acids is 1. The first kappa shape index (κ1) is 23.1. The summed E-state index contributed by atoms with van der Waals surface area (Å²) in [6.07, 6.45) is 5.08. The molecule has 2 aliphatic rings. The number of nitrogens with one attached hydrogen (secondary N) is 1. The van der Waals surface area contributed by atoms with E-state index in [2.05, 4.69) is 5.32 Å². The maximum absolute atomic E-state index is 12.8. The molecule has 2 fully saturated rings. The van der Waals surface area contributed by atoms with Crippen molar-refractivity contribution in [2.24, 2.45) is 11.7 Å². The highest BCUT2D eigenvalue weighted by Gasteiger charge is 2.39. The molecule has 3 N–H and O–H groups in total. The minimum absolute atomic E-state index is 0. The van der Waals surface area contributed by atoms with E-state index in [0.29, 0.717) is 30.8 Å². The van der Waals surface area contributed by atoms with Gasteiger partial charge in [0.2, 0.25) is 15.9 Å². The third-order valence-corrected chi connectivity index (χ3v) is 7.94. The Morgan fingerprint density at radius 2 is 1.75 bits per heavy atom. The first-order valence-corrected chi connectivity index (χ1v) is 11.3. The molecular formula is C20H32ClN3O3S. The largest absolute Gasteiger partial charge is 0.353 e. The highest BCUT2D eigenvalue weighted by Crippen LogP contribution is 2.32. The van der Waals surface area contributed by atoms with Gasteiger partial charge in [-0.05, 0) is 51.7 Å². The molecule has 1 amide bonds. The molecule has 0 bridgehead atoms. The van der Waals surface area contributed by atoms with Crippen LogP contribution in [0.5, 0.6) is 0 Å². The lowest BCUT2D eigenvalue weighted by Gasteiger charge is -2.39. The van der Waals surface area contributed by atoms with Gasteiger partial charge in [-0.3, -0.25) is 4.79 Å². The molecule has 1 aromatic rings. The molecule has 0 radical (unpaired) electrons. The van der Waals surface area contributed by atoms with Crippen molar-refractivity contribution in [3.8, 4) is 0 Å². The summed E-state index contributed by atoms with van der Waals surface area (Å²) in [5.41, 5.74) is 6.92. The quantitative estimate of drug-likeness (QED) is 0.769. The molecule has 6 nitrogen and oxygen atoms in total. The fourth-order valence-corrected chi connectivity index (χ4v) is 5.66. The zero-order valence-electron chi connectivity index (χ0n) is 16.7. The average Bonchev–Trinajstić information content (AvgIpc) is 2.62. The van der Waals surface area contributed by atoms with Gasteiger partial charge in [0.05, 0.1) is 10.8 Å². The Bertz CT molecular complexity index is 772. The van der Waals surface area contributed by atoms with Crippen LogP contribution in [0.4, 0.5) is 0 Å². The Labute approximate surface area is 174 Å². The summed E-state index contributed by atoms with van der Waals surface area (Å²) in [5.74, 6) is -0.125. The zero-order valence-corrected chi connectivity index (χ0v) is 18.3. The van der Waals surface area contributed by atoms with E-state index >= 15 is 0 Å². The van der Waals surface area contributed by atoms with E-state index in [9.17, 15) is 13.2 Å². The Morgan fingerprint density at radius 1 is 1.14 bits per heavy atom. The van der Waals surface area contributed by atoms with Gasteiger partial charge in [0.25, 0.3) is 0 Å². The fourth-order valence-electron chi connectivity index (χ4n) is 4.19. The maximum Gasteiger partial charge on any atom is 0.243 e. The van der Waals surface area contributed by atoms with Crippen molar-refractivity contribution >= 4 is 28.3 Å². The predicted octanol–water partition coefficient (Wildman–Crippen LogP) is 2.59. The number of benzene rings is 1. The highest BCUT2D eigenvalue weighted by atomic mass is 35.5. The van der Waals surface area contributed by atoms with Crippen molar-refractivity contribution in [1.82, 2.24) is 9.62 Å². The first-order chi connectivity index (χ1) is 12.7. The number of hydrogen-bond acceptors (Lipinski definition) is 4. The van der Waals surface area contributed by atoms with Gasteiger partial charge in [-0.2, -0.15) is 4.31 Å². The molecule has 1 saturated carbocycles. The van der Waals surface area contributed by atoms with Gasteiger partial charge >= 0.3 is 0 Å². The molecule has 1 aromatic carbocycles. The van der Waals surface area contributed by atoms with Crippen LogP contribution in [-0.2, 0) is 14.8 Å². The summed E-state index contributed by atoms with van der Waals surface area (Å²) in [4.78, 5) is 13.0. The van der Waals surface area contributed by atoms with Gasteiger partial charge in [0.1, 0.15) is 0 Å². The van der Waals surface area contributed by atoms with E-state index in [0.717, 1.165) is 31.2 Å². The minimum Gasteiger partial charge on any atom is -0.353 e. The third kappa shape index (κ3) is 5.06. The smallest absolute Gasteiger partial charge is 0.243 e. The van der Waals surface area contributed by atoms with Crippen LogP contribution in [0, 0.1) is 12.8 Å². The lowest BCUT2D eigenvalue weighted by molar-refractivity contribution is -0.129. The van der Waals surface area contributed by atoms with Crippen molar-refractivity contribution in [1.29, 1.82) is 0 Å². The summed E-state index contributed by atoms with van der Waals surface area (Å²) < 4.78 is 27.1. The van der Waals surface area contributed by atoms with Crippen LogP contribution in [0.3, 0.4) is 0 Å². The van der Waals surface area contributed by atoms with E-state index in [1.807, 2.05) is 26.0 Å². The Kier molecular flexibility index (Phi) is 7.53. The van der Waals surface area contributed by atoms with Gasteiger partial charge in [-0.1, -0.05) is 30.5 Å². The van der Waals surface area contributed by atoms with Crippen molar-refractivity contribution in [3.63, 3.8) is 0 Å². The standard InChI is InChI=1S/C20H31N3O3S.ClH/c1-15-6-8-17(9-7-15)27(25,26)23-13-10-16(11-14-23)22-19(24)18-5-3-4-12-20(18,2)21;/h6-9,16,18H,3-5,10-14,21H2,1-2H3,(H,22,24);1H. The van der Waals surface area contributed by atoms with Crippen LogP contribution in [0.2, 0.25) is 0 Å². The fraction of sp³-hybridized carbons (Fsp3) is 0.650. The number of nitrogens with zero attached hydrogens (tertiary/aromatic N) is 1. The lowest BCUT2D eigenvalue weighted by Crippen LogP contribution is -2.55. The number of sulfonamides is 1. The highest BCUT2D eigenvalue weighted by molar-refractivity contribution is 7.89. The maximum atomic E-state index is 12.8. The molecular weight excluding hydrogens is 398 g/mol. The monoisotopic (exact) mass is 429 g/mol. The number of hydrogen-bond donors (Lipinski definition) is 2. The number of piperidine rings is 1. The Balaban J connectivity index is 0.00000280. The molecule has 0 spiro atoms. The molecule has 158 valence electrons. The molecule has 1 aliphatic carbocycles. The van der Waals surface area contributed by atoms with Gasteiger partial charge in [-0.15, -0.1) is 12.4 Å². The first-order valence-electron chi connectivity index (χ1n) is 9.86. The second-order valence-electron chi connectivity index (χ2n) is 8.30. The van der Waals surface area contributed by atoms with Crippen LogP contribution in [-0.4, -0.2) is 43.3 Å². The van der Waals surface area contributed by atoms with Gasteiger partial charge in [-0.25, -0.2) is 8.42 Å². The lowest BCUT2D eigenvalue weighted by atomic mass is 9.74. The summed E-state index contributed by atoms with van der Waals surface area (Å²) in [6.45, 7) is 4.74. The van der Waals surface area contributed by atoms with Crippen LogP contribution in [0.1, 0.15) is 51.0 Å². The molecule has 8 heteroatoms.